The maximum atomic E-state index is 13.6. The molecule has 0 saturated heterocycles. The molecule has 0 fully saturated rings. The van der Waals surface area contributed by atoms with E-state index in [0.717, 1.165) is 0 Å². The van der Waals surface area contributed by atoms with E-state index in [1.807, 2.05) is 0 Å². The Balaban J connectivity index is 1.75. The van der Waals surface area contributed by atoms with E-state index in [1.165, 1.54) is 6.07 Å². The summed E-state index contributed by atoms with van der Waals surface area (Å²) in [7, 11) is 0. The minimum absolute atomic E-state index is 0.0111. The molecule has 0 aliphatic carbocycles. The van der Waals surface area contributed by atoms with Crippen molar-refractivity contribution >= 4 is 28.5 Å². The maximum Gasteiger partial charge on any atom is 0.339 e. The Morgan fingerprint density at radius 3 is 2.36 bits per heavy atom. The third-order valence-corrected chi connectivity index (χ3v) is 3.77. The standard InChI is InChI=1S/C19H12F4N2O3/c1-9-6-11(10-4-2-3-5-14(10)24-9)19(27)28-8-15(26)25-18-16(22)12(20)7-13(21)17(18)23/h2-7H,8H2,1H3,(H,25,26). The quantitative estimate of drug-likeness (QED) is 0.416. The van der Waals surface area contributed by atoms with E-state index < -0.39 is 47.4 Å². The molecule has 1 N–H and O–H groups in total. The predicted octanol–water partition coefficient (Wildman–Crippen LogP) is 3.90. The van der Waals surface area contributed by atoms with Gasteiger partial charge >= 0.3 is 5.97 Å². The van der Waals surface area contributed by atoms with Gasteiger partial charge in [0.25, 0.3) is 5.91 Å². The third kappa shape index (κ3) is 3.78. The predicted molar refractivity (Wildman–Crippen MR) is 91.7 cm³/mol. The molecule has 0 atom stereocenters. The molecule has 1 heterocycles. The lowest BCUT2D eigenvalue weighted by molar-refractivity contribution is -0.119. The summed E-state index contributed by atoms with van der Waals surface area (Å²) in [5, 5.41) is 2.15. The number of halogens is 4. The minimum atomic E-state index is -1.77. The number of carbonyl (C=O) groups is 2. The highest BCUT2D eigenvalue weighted by atomic mass is 19.2. The Bertz CT molecular complexity index is 1080. The van der Waals surface area contributed by atoms with E-state index in [4.69, 9.17) is 4.74 Å². The molecule has 144 valence electrons. The summed E-state index contributed by atoms with van der Waals surface area (Å²) in [4.78, 5) is 28.4. The molecule has 0 bridgehead atoms. The van der Waals surface area contributed by atoms with E-state index in [-0.39, 0.29) is 11.6 Å². The van der Waals surface area contributed by atoms with Crippen molar-refractivity contribution in [1.29, 1.82) is 0 Å². The molecule has 1 aromatic heterocycles. The fourth-order valence-corrected chi connectivity index (χ4v) is 2.54. The molecule has 1 amide bonds. The van der Waals surface area contributed by atoms with Crippen LogP contribution in [0.3, 0.4) is 0 Å². The van der Waals surface area contributed by atoms with Gasteiger partial charge < -0.3 is 10.1 Å². The first-order chi connectivity index (χ1) is 13.3. The third-order valence-electron chi connectivity index (χ3n) is 3.77. The number of amides is 1. The van der Waals surface area contributed by atoms with Crippen molar-refractivity contribution in [2.24, 2.45) is 0 Å². The fourth-order valence-electron chi connectivity index (χ4n) is 2.54. The van der Waals surface area contributed by atoms with Crippen LogP contribution in [0, 0.1) is 30.2 Å². The highest BCUT2D eigenvalue weighted by molar-refractivity contribution is 6.04. The van der Waals surface area contributed by atoms with Crippen molar-refractivity contribution in [2.45, 2.75) is 6.92 Å². The minimum Gasteiger partial charge on any atom is -0.452 e. The number of hydrogen-bond donors (Lipinski definition) is 1. The number of fused-ring (bicyclic) bond motifs is 1. The number of rotatable bonds is 4. The van der Waals surface area contributed by atoms with Crippen molar-refractivity contribution in [3.05, 3.63) is 70.9 Å². The van der Waals surface area contributed by atoms with Gasteiger partial charge in [-0.05, 0) is 19.1 Å². The molecule has 0 saturated carbocycles. The monoisotopic (exact) mass is 392 g/mol. The molecule has 2 aromatic carbocycles. The normalized spacial score (nSPS) is 10.8. The van der Waals surface area contributed by atoms with Crippen LogP contribution in [0.15, 0.2) is 36.4 Å². The Labute approximate surface area is 155 Å². The summed E-state index contributed by atoms with van der Waals surface area (Å²) in [5.41, 5.74) is -0.0819. The second-order valence-corrected chi connectivity index (χ2v) is 5.80. The molecule has 3 aromatic rings. The number of benzene rings is 2. The van der Waals surface area contributed by atoms with Gasteiger partial charge in [-0.3, -0.25) is 9.78 Å². The number of hydrogen-bond acceptors (Lipinski definition) is 4. The molecule has 3 rings (SSSR count). The second-order valence-electron chi connectivity index (χ2n) is 5.80. The average molecular weight is 392 g/mol. The van der Waals surface area contributed by atoms with Crippen LogP contribution in [0.1, 0.15) is 16.1 Å². The number of ether oxygens (including phenoxy) is 1. The Morgan fingerprint density at radius 1 is 1.04 bits per heavy atom. The van der Waals surface area contributed by atoms with Crippen molar-refractivity contribution in [3.63, 3.8) is 0 Å². The molecule has 0 aliphatic rings. The number of carbonyl (C=O) groups excluding carboxylic acids is 2. The summed E-state index contributed by atoms with van der Waals surface area (Å²) < 4.78 is 58.3. The van der Waals surface area contributed by atoms with E-state index in [0.29, 0.717) is 16.6 Å². The number of nitrogens with one attached hydrogen (secondary N) is 1. The van der Waals surface area contributed by atoms with Crippen molar-refractivity contribution in [3.8, 4) is 0 Å². The van der Waals surface area contributed by atoms with Gasteiger partial charge in [0.1, 0.15) is 5.69 Å². The van der Waals surface area contributed by atoms with Gasteiger partial charge in [0.15, 0.2) is 29.9 Å². The van der Waals surface area contributed by atoms with Crippen LogP contribution in [-0.4, -0.2) is 23.5 Å². The van der Waals surface area contributed by atoms with Crippen LogP contribution < -0.4 is 5.32 Å². The van der Waals surface area contributed by atoms with Gasteiger partial charge in [-0.2, -0.15) is 0 Å². The number of para-hydroxylation sites is 1. The average Bonchev–Trinajstić information content (AvgIpc) is 2.67. The molecule has 0 unspecified atom stereocenters. The van der Waals surface area contributed by atoms with Crippen LogP contribution in [0.25, 0.3) is 10.9 Å². The molecular formula is C19H12F4N2O3. The lowest BCUT2D eigenvalue weighted by atomic mass is 10.1. The molecule has 5 nitrogen and oxygen atoms in total. The van der Waals surface area contributed by atoms with Crippen LogP contribution in [0.4, 0.5) is 23.2 Å². The smallest absolute Gasteiger partial charge is 0.339 e. The Kier molecular flexibility index (Phi) is 5.25. The first-order valence-electron chi connectivity index (χ1n) is 7.94. The summed E-state index contributed by atoms with van der Waals surface area (Å²) in [5.74, 6) is -8.94. The van der Waals surface area contributed by atoms with E-state index >= 15 is 0 Å². The molecule has 0 radical (unpaired) electrons. The van der Waals surface area contributed by atoms with Gasteiger partial charge in [0.2, 0.25) is 0 Å². The number of pyridine rings is 1. The molecule has 0 spiro atoms. The second kappa shape index (κ2) is 7.63. The lowest BCUT2D eigenvalue weighted by Gasteiger charge is -2.10. The summed E-state index contributed by atoms with van der Waals surface area (Å²) in [6, 6.07) is 8.22. The zero-order valence-electron chi connectivity index (χ0n) is 14.4. The molecular weight excluding hydrogens is 380 g/mol. The van der Waals surface area contributed by atoms with Crippen LogP contribution in [-0.2, 0) is 9.53 Å². The van der Waals surface area contributed by atoms with Crippen LogP contribution in [0.5, 0.6) is 0 Å². The number of nitrogens with zero attached hydrogens (tertiary/aromatic N) is 1. The van der Waals surface area contributed by atoms with E-state index in [9.17, 15) is 27.2 Å². The SMILES string of the molecule is Cc1cc(C(=O)OCC(=O)Nc2c(F)c(F)cc(F)c2F)c2ccccc2n1. The van der Waals surface area contributed by atoms with E-state index in [2.05, 4.69) is 4.98 Å². The zero-order chi connectivity index (χ0) is 20.4. The topological polar surface area (TPSA) is 68.3 Å². The highest BCUT2D eigenvalue weighted by Gasteiger charge is 2.22. The number of anilines is 1. The van der Waals surface area contributed by atoms with Crippen molar-refractivity contribution < 1.29 is 31.9 Å². The summed E-state index contributed by atoms with van der Waals surface area (Å²) >= 11 is 0. The van der Waals surface area contributed by atoms with Crippen LogP contribution >= 0.6 is 0 Å². The van der Waals surface area contributed by atoms with E-state index in [1.54, 1.807) is 36.5 Å². The Morgan fingerprint density at radius 2 is 1.68 bits per heavy atom. The number of aryl methyl sites for hydroxylation is 1. The van der Waals surface area contributed by atoms with Gasteiger partial charge in [-0.15, -0.1) is 0 Å². The lowest BCUT2D eigenvalue weighted by Crippen LogP contribution is -2.23. The first kappa shape index (κ1) is 19.3. The molecule has 0 aliphatic heterocycles. The first-order valence-corrected chi connectivity index (χ1v) is 7.94. The van der Waals surface area contributed by atoms with Crippen molar-refractivity contribution in [1.82, 2.24) is 4.98 Å². The van der Waals surface area contributed by atoms with Gasteiger partial charge in [0, 0.05) is 17.1 Å². The summed E-state index contributed by atoms with van der Waals surface area (Å²) in [6.45, 7) is 0.742. The summed E-state index contributed by atoms with van der Waals surface area (Å²) in [6.07, 6.45) is 0. The maximum absolute atomic E-state index is 13.6. The molecule has 28 heavy (non-hydrogen) atoms. The Hall–Kier alpha value is -3.49. The highest BCUT2D eigenvalue weighted by Crippen LogP contribution is 2.24. The van der Waals surface area contributed by atoms with Gasteiger partial charge in [-0.1, -0.05) is 18.2 Å². The number of esters is 1. The fraction of sp³-hybridized carbons (Fsp3) is 0.105. The molecule has 9 heteroatoms. The van der Waals surface area contributed by atoms with Gasteiger partial charge in [-0.25, -0.2) is 22.4 Å². The zero-order valence-corrected chi connectivity index (χ0v) is 14.4. The van der Waals surface area contributed by atoms with Crippen LogP contribution in [0.2, 0.25) is 0 Å². The van der Waals surface area contributed by atoms with Crippen molar-refractivity contribution in [2.75, 3.05) is 11.9 Å². The van der Waals surface area contributed by atoms with Gasteiger partial charge in [0.05, 0.1) is 11.1 Å². The largest absolute Gasteiger partial charge is 0.452 e. The number of aromatic nitrogens is 1.